The van der Waals surface area contributed by atoms with Crippen LogP contribution in [0.4, 0.5) is 18.9 Å². The SMILES string of the molecule is NC(=S)c1cc(NCc2csc(=O)[nH]2)ccc1C(F)(F)F. The number of nitrogens with one attached hydrogen (secondary N) is 2. The number of H-pyrrole nitrogens is 1. The molecule has 0 amide bonds. The first kappa shape index (κ1) is 15.5. The van der Waals surface area contributed by atoms with E-state index in [2.05, 4.69) is 22.5 Å². The van der Waals surface area contributed by atoms with E-state index in [1.165, 1.54) is 12.1 Å². The minimum absolute atomic E-state index is 0.192. The summed E-state index contributed by atoms with van der Waals surface area (Å²) in [5, 5.41) is 4.54. The molecule has 0 bridgehead atoms. The Morgan fingerprint density at radius 1 is 1.43 bits per heavy atom. The number of nitrogens with two attached hydrogens (primary N) is 1. The second-order valence-corrected chi connectivity index (χ2v) is 5.43. The summed E-state index contributed by atoms with van der Waals surface area (Å²) in [6.07, 6.45) is -4.52. The lowest BCUT2D eigenvalue weighted by Crippen LogP contribution is -2.18. The predicted molar refractivity (Wildman–Crippen MR) is 79.6 cm³/mol. The average Bonchev–Trinajstić information content (AvgIpc) is 2.80. The number of hydrogen-bond acceptors (Lipinski definition) is 4. The van der Waals surface area contributed by atoms with Crippen molar-refractivity contribution in [3.63, 3.8) is 0 Å². The molecule has 0 saturated carbocycles. The lowest BCUT2D eigenvalue weighted by molar-refractivity contribution is -0.137. The smallest absolute Gasteiger partial charge is 0.389 e. The van der Waals surface area contributed by atoms with Crippen LogP contribution in [-0.2, 0) is 12.7 Å². The third kappa shape index (κ3) is 3.82. The van der Waals surface area contributed by atoms with Crippen LogP contribution in [0.3, 0.4) is 0 Å². The molecule has 112 valence electrons. The first-order chi connectivity index (χ1) is 9.77. The van der Waals surface area contributed by atoms with Gasteiger partial charge in [-0.15, -0.1) is 0 Å². The van der Waals surface area contributed by atoms with Crippen molar-refractivity contribution < 1.29 is 13.2 Å². The summed E-state index contributed by atoms with van der Waals surface area (Å²) in [6, 6.07) is 3.46. The summed E-state index contributed by atoms with van der Waals surface area (Å²) < 4.78 is 38.5. The fraction of sp³-hybridized carbons (Fsp3) is 0.167. The van der Waals surface area contributed by atoms with Crippen molar-refractivity contribution in [1.29, 1.82) is 0 Å². The molecule has 4 nitrogen and oxygen atoms in total. The van der Waals surface area contributed by atoms with Gasteiger partial charge in [0.15, 0.2) is 0 Å². The third-order valence-corrected chi connectivity index (χ3v) is 3.58. The maximum atomic E-state index is 12.8. The maximum absolute atomic E-state index is 12.8. The van der Waals surface area contributed by atoms with Crippen LogP contribution in [0.1, 0.15) is 16.8 Å². The molecule has 0 spiro atoms. The van der Waals surface area contributed by atoms with E-state index >= 15 is 0 Å². The van der Waals surface area contributed by atoms with Crippen LogP contribution in [0.2, 0.25) is 0 Å². The van der Waals surface area contributed by atoms with E-state index < -0.39 is 11.7 Å². The molecule has 1 aromatic heterocycles. The molecular formula is C12H10F3N3OS2. The van der Waals surface area contributed by atoms with E-state index in [0.29, 0.717) is 11.4 Å². The number of alkyl halides is 3. The number of thiocarbonyl (C=S) groups is 1. The van der Waals surface area contributed by atoms with Crippen LogP contribution in [0.25, 0.3) is 0 Å². The van der Waals surface area contributed by atoms with E-state index in [-0.39, 0.29) is 22.0 Å². The third-order valence-electron chi connectivity index (χ3n) is 2.64. The van der Waals surface area contributed by atoms with Gasteiger partial charge in [-0.1, -0.05) is 23.6 Å². The molecule has 0 saturated heterocycles. The van der Waals surface area contributed by atoms with Gasteiger partial charge in [0.2, 0.25) is 0 Å². The molecule has 1 heterocycles. The van der Waals surface area contributed by atoms with Crippen molar-refractivity contribution in [2.45, 2.75) is 12.7 Å². The van der Waals surface area contributed by atoms with Crippen LogP contribution >= 0.6 is 23.6 Å². The Balaban J connectivity index is 2.24. The fourth-order valence-corrected chi connectivity index (χ4v) is 2.45. The van der Waals surface area contributed by atoms with E-state index in [4.69, 9.17) is 5.73 Å². The molecule has 0 atom stereocenters. The Morgan fingerprint density at radius 3 is 2.67 bits per heavy atom. The minimum Gasteiger partial charge on any atom is -0.389 e. The fourth-order valence-electron chi connectivity index (χ4n) is 1.70. The zero-order valence-corrected chi connectivity index (χ0v) is 12.1. The van der Waals surface area contributed by atoms with E-state index in [0.717, 1.165) is 17.4 Å². The summed E-state index contributed by atoms with van der Waals surface area (Å²) in [7, 11) is 0. The Labute approximate surface area is 126 Å². The molecule has 2 aromatic rings. The van der Waals surface area contributed by atoms with Crippen LogP contribution < -0.4 is 15.9 Å². The molecule has 21 heavy (non-hydrogen) atoms. The van der Waals surface area contributed by atoms with Gasteiger partial charge in [-0.3, -0.25) is 4.79 Å². The van der Waals surface area contributed by atoms with Crippen molar-refractivity contribution in [3.05, 3.63) is 50.1 Å². The quantitative estimate of drug-likeness (QED) is 0.753. The number of benzene rings is 1. The van der Waals surface area contributed by atoms with Crippen molar-refractivity contribution in [2.75, 3.05) is 5.32 Å². The number of hydrogen-bond donors (Lipinski definition) is 3. The Kier molecular flexibility index (Phi) is 4.33. The van der Waals surface area contributed by atoms with Gasteiger partial charge in [0.25, 0.3) is 0 Å². The van der Waals surface area contributed by atoms with Crippen LogP contribution in [0.5, 0.6) is 0 Å². The van der Waals surface area contributed by atoms with Gasteiger partial charge in [0, 0.05) is 22.3 Å². The lowest BCUT2D eigenvalue weighted by atomic mass is 10.1. The summed E-state index contributed by atoms with van der Waals surface area (Å²) in [5.41, 5.74) is 5.31. The second-order valence-electron chi connectivity index (χ2n) is 4.15. The highest BCUT2D eigenvalue weighted by molar-refractivity contribution is 7.80. The Bertz CT molecular complexity index is 721. The number of aromatic amines is 1. The van der Waals surface area contributed by atoms with Gasteiger partial charge in [-0.2, -0.15) is 13.2 Å². The van der Waals surface area contributed by atoms with Crippen LogP contribution in [0.15, 0.2) is 28.4 Å². The molecule has 0 unspecified atom stereocenters. The van der Waals surface area contributed by atoms with Gasteiger partial charge >= 0.3 is 11.0 Å². The topological polar surface area (TPSA) is 70.9 Å². The lowest BCUT2D eigenvalue weighted by Gasteiger charge is -2.14. The monoisotopic (exact) mass is 333 g/mol. The van der Waals surface area contributed by atoms with Gasteiger partial charge in [-0.25, -0.2) is 0 Å². The number of thiazole rings is 1. The Hall–Kier alpha value is -1.87. The number of aromatic nitrogens is 1. The highest BCUT2D eigenvalue weighted by atomic mass is 32.1. The molecule has 0 fully saturated rings. The highest BCUT2D eigenvalue weighted by Gasteiger charge is 2.34. The first-order valence-corrected chi connectivity index (χ1v) is 6.98. The number of rotatable bonds is 4. The van der Waals surface area contributed by atoms with Crippen molar-refractivity contribution >= 4 is 34.2 Å². The largest absolute Gasteiger partial charge is 0.417 e. The van der Waals surface area contributed by atoms with Crippen LogP contribution in [0, 0.1) is 0 Å². The standard InChI is InChI=1S/C12H10F3N3OS2/c13-12(14,15)9-2-1-6(3-8(9)10(16)20)17-4-7-5-21-11(19)18-7/h1-3,5,17H,4H2,(H2,16,20)(H,18,19). The average molecular weight is 333 g/mol. The normalized spacial score (nSPS) is 11.4. The molecule has 4 N–H and O–H groups in total. The van der Waals surface area contributed by atoms with Gasteiger partial charge in [-0.05, 0) is 18.2 Å². The summed E-state index contributed by atoms with van der Waals surface area (Å²) in [6.45, 7) is 0.279. The zero-order valence-electron chi connectivity index (χ0n) is 10.5. The molecule has 1 aromatic carbocycles. The van der Waals surface area contributed by atoms with Gasteiger partial charge in [0.05, 0.1) is 12.1 Å². The number of anilines is 1. The molecule has 2 rings (SSSR count). The minimum atomic E-state index is -4.52. The summed E-state index contributed by atoms with van der Waals surface area (Å²) >= 11 is 5.68. The second kappa shape index (κ2) is 5.86. The van der Waals surface area contributed by atoms with E-state index in [1.54, 1.807) is 5.38 Å². The van der Waals surface area contributed by atoms with Crippen molar-refractivity contribution in [2.24, 2.45) is 5.73 Å². The highest BCUT2D eigenvalue weighted by Crippen LogP contribution is 2.33. The number of halogens is 3. The molecule has 0 radical (unpaired) electrons. The van der Waals surface area contributed by atoms with E-state index in [9.17, 15) is 18.0 Å². The molecule has 9 heteroatoms. The molecule has 0 aliphatic heterocycles. The Morgan fingerprint density at radius 2 is 2.14 bits per heavy atom. The van der Waals surface area contributed by atoms with Crippen molar-refractivity contribution in [1.82, 2.24) is 4.98 Å². The summed E-state index contributed by atoms with van der Waals surface area (Å²) in [4.78, 5) is 13.1. The predicted octanol–water partition coefficient (Wildman–Crippen LogP) is 2.70. The molecule has 0 aliphatic rings. The van der Waals surface area contributed by atoms with Crippen LogP contribution in [-0.4, -0.2) is 9.97 Å². The maximum Gasteiger partial charge on any atom is 0.417 e. The zero-order chi connectivity index (χ0) is 15.6. The van der Waals surface area contributed by atoms with Gasteiger partial charge < -0.3 is 16.0 Å². The molecule has 0 aliphatic carbocycles. The first-order valence-electron chi connectivity index (χ1n) is 5.69. The van der Waals surface area contributed by atoms with E-state index in [1.807, 2.05) is 0 Å². The van der Waals surface area contributed by atoms with Gasteiger partial charge in [0.1, 0.15) is 4.99 Å². The van der Waals surface area contributed by atoms with Crippen molar-refractivity contribution in [3.8, 4) is 0 Å². The molecular weight excluding hydrogens is 323 g/mol. The summed E-state index contributed by atoms with van der Waals surface area (Å²) in [5.74, 6) is 0.